The molecular formula is C18H39P. The quantitative estimate of drug-likeness (QED) is 0.253. The highest BCUT2D eigenvalue weighted by molar-refractivity contribution is 7.17. The first-order valence-corrected chi connectivity index (χ1v) is 9.59. The minimum Gasteiger partial charge on any atom is -0.134 e. The zero-order valence-electron chi connectivity index (χ0n) is 14.1. The normalized spacial score (nSPS) is 13.7. The van der Waals surface area contributed by atoms with Crippen LogP contribution in [0.3, 0.4) is 0 Å². The second kappa shape index (κ2) is 12.2. The maximum Gasteiger partial charge on any atom is -0.0208 e. The summed E-state index contributed by atoms with van der Waals surface area (Å²) in [6.07, 6.45) is 16.9. The van der Waals surface area contributed by atoms with Crippen LogP contribution in [0.25, 0.3) is 0 Å². The molecule has 0 aliphatic rings. The van der Waals surface area contributed by atoms with Crippen molar-refractivity contribution < 1.29 is 0 Å². The van der Waals surface area contributed by atoms with Gasteiger partial charge in [0.15, 0.2) is 0 Å². The van der Waals surface area contributed by atoms with Crippen LogP contribution in [-0.4, -0.2) is 5.66 Å². The van der Waals surface area contributed by atoms with Crippen molar-refractivity contribution in [2.75, 3.05) is 0 Å². The maximum atomic E-state index is 3.22. The third-order valence-corrected chi connectivity index (χ3v) is 5.69. The summed E-state index contributed by atoms with van der Waals surface area (Å²) >= 11 is 0. The molecule has 0 heterocycles. The maximum absolute atomic E-state index is 3.22. The second-order valence-electron chi connectivity index (χ2n) is 6.42. The van der Waals surface area contributed by atoms with E-state index in [-0.39, 0.29) is 0 Å². The lowest BCUT2D eigenvalue weighted by atomic mass is 9.71. The Bertz CT molecular complexity index is 171. The van der Waals surface area contributed by atoms with E-state index >= 15 is 0 Å². The lowest BCUT2D eigenvalue weighted by Crippen LogP contribution is -2.31. The predicted octanol–water partition coefficient (Wildman–Crippen LogP) is 6.98. The summed E-state index contributed by atoms with van der Waals surface area (Å²) in [6.45, 7) is 9.38. The van der Waals surface area contributed by atoms with Gasteiger partial charge in [-0.3, -0.25) is 0 Å². The average Bonchev–Trinajstić information content (AvgIpc) is 2.39. The van der Waals surface area contributed by atoms with Crippen molar-refractivity contribution in [2.24, 2.45) is 5.41 Å². The van der Waals surface area contributed by atoms with Gasteiger partial charge in [-0.05, 0) is 36.8 Å². The molecule has 19 heavy (non-hydrogen) atoms. The number of unbranched alkanes of at least 4 members (excludes halogenated alkanes) is 4. The van der Waals surface area contributed by atoms with Gasteiger partial charge in [-0.2, -0.15) is 0 Å². The largest absolute Gasteiger partial charge is 0.134 e. The average molecular weight is 286 g/mol. The highest BCUT2D eigenvalue weighted by Gasteiger charge is 2.33. The van der Waals surface area contributed by atoms with Crippen molar-refractivity contribution in [3.05, 3.63) is 0 Å². The van der Waals surface area contributed by atoms with Crippen LogP contribution in [0.2, 0.25) is 0 Å². The fraction of sp³-hybridized carbons (Fsp3) is 1.00. The number of hydrogen-bond acceptors (Lipinski definition) is 0. The fourth-order valence-electron chi connectivity index (χ4n) is 3.70. The molecule has 0 radical (unpaired) electrons. The molecule has 0 aromatic heterocycles. The molecule has 2 atom stereocenters. The highest BCUT2D eigenvalue weighted by Crippen LogP contribution is 2.44. The zero-order valence-corrected chi connectivity index (χ0v) is 15.3. The first kappa shape index (κ1) is 19.4. The molecule has 0 amide bonds. The van der Waals surface area contributed by atoms with Crippen LogP contribution in [-0.2, 0) is 0 Å². The van der Waals surface area contributed by atoms with E-state index in [2.05, 4.69) is 36.9 Å². The Kier molecular flexibility index (Phi) is 12.5. The molecule has 0 aromatic rings. The molecule has 0 N–H and O–H groups in total. The van der Waals surface area contributed by atoms with Gasteiger partial charge in [0, 0.05) is 0 Å². The summed E-state index contributed by atoms with van der Waals surface area (Å²) in [5.41, 5.74) is 1.46. The van der Waals surface area contributed by atoms with Gasteiger partial charge in [0.25, 0.3) is 0 Å². The van der Waals surface area contributed by atoms with Gasteiger partial charge >= 0.3 is 0 Å². The fourth-order valence-corrected chi connectivity index (χ4v) is 4.43. The van der Waals surface area contributed by atoms with Gasteiger partial charge in [-0.15, -0.1) is 9.24 Å². The number of rotatable bonds is 13. The Balaban J connectivity index is 4.30. The van der Waals surface area contributed by atoms with Crippen LogP contribution in [0.15, 0.2) is 0 Å². The van der Waals surface area contributed by atoms with E-state index in [0.717, 1.165) is 5.66 Å². The van der Waals surface area contributed by atoms with Crippen LogP contribution in [0.5, 0.6) is 0 Å². The van der Waals surface area contributed by atoms with E-state index in [1.165, 1.54) is 77.0 Å². The molecule has 0 aromatic carbocycles. The molecule has 0 aliphatic carbocycles. The van der Waals surface area contributed by atoms with Gasteiger partial charge in [-0.1, -0.05) is 79.1 Å². The Morgan fingerprint density at radius 3 is 1.58 bits per heavy atom. The molecule has 0 saturated heterocycles. The SMILES string of the molecule is CCCCCCCC(P)C(CCC)(CCC)CCC. The van der Waals surface area contributed by atoms with Crippen LogP contribution in [0.1, 0.15) is 105 Å². The molecule has 2 unspecified atom stereocenters. The van der Waals surface area contributed by atoms with Gasteiger partial charge in [0.05, 0.1) is 0 Å². The summed E-state index contributed by atoms with van der Waals surface area (Å²) in [7, 11) is 3.22. The van der Waals surface area contributed by atoms with Crippen LogP contribution in [0, 0.1) is 5.41 Å². The van der Waals surface area contributed by atoms with Crippen LogP contribution >= 0.6 is 9.24 Å². The summed E-state index contributed by atoms with van der Waals surface area (Å²) in [5.74, 6) is 0. The molecule has 0 fully saturated rings. The molecule has 0 spiro atoms. The van der Waals surface area contributed by atoms with Crippen molar-refractivity contribution in [1.29, 1.82) is 0 Å². The highest BCUT2D eigenvalue weighted by atomic mass is 31.0. The summed E-state index contributed by atoms with van der Waals surface area (Å²) in [6, 6.07) is 0. The third-order valence-electron chi connectivity index (χ3n) is 4.65. The van der Waals surface area contributed by atoms with E-state index in [1.807, 2.05) is 0 Å². The molecule has 0 rings (SSSR count). The molecule has 0 nitrogen and oxygen atoms in total. The lowest BCUT2D eigenvalue weighted by molar-refractivity contribution is 0.194. The summed E-state index contributed by atoms with van der Waals surface area (Å²) in [4.78, 5) is 0. The Morgan fingerprint density at radius 2 is 1.16 bits per heavy atom. The topological polar surface area (TPSA) is 0 Å². The van der Waals surface area contributed by atoms with Gasteiger partial charge < -0.3 is 0 Å². The molecule has 0 aliphatic heterocycles. The molecule has 1 heteroatoms. The van der Waals surface area contributed by atoms with Crippen molar-refractivity contribution in [1.82, 2.24) is 0 Å². The monoisotopic (exact) mass is 286 g/mol. The smallest absolute Gasteiger partial charge is 0.0208 e. The van der Waals surface area contributed by atoms with E-state index in [4.69, 9.17) is 0 Å². The van der Waals surface area contributed by atoms with Gasteiger partial charge in [-0.25, -0.2) is 0 Å². The van der Waals surface area contributed by atoms with E-state index < -0.39 is 0 Å². The van der Waals surface area contributed by atoms with Crippen molar-refractivity contribution >= 4 is 9.24 Å². The van der Waals surface area contributed by atoms with Crippen LogP contribution in [0.4, 0.5) is 0 Å². The van der Waals surface area contributed by atoms with Gasteiger partial charge in [0.1, 0.15) is 0 Å². The number of hydrogen-bond donors (Lipinski definition) is 0. The summed E-state index contributed by atoms with van der Waals surface area (Å²) in [5, 5.41) is 0. The molecular weight excluding hydrogens is 247 g/mol. The Morgan fingerprint density at radius 1 is 0.684 bits per heavy atom. The van der Waals surface area contributed by atoms with Crippen molar-refractivity contribution in [2.45, 2.75) is 110 Å². The molecule has 0 saturated carbocycles. The zero-order chi connectivity index (χ0) is 14.6. The van der Waals surface area contributed by atoms with Gasteiger partial charge in [0.2, 0.25) is 0 Å². The third kappa shape index (κ3) is 7.69. The lowest BCUT2D eigenvalue weighted by Gasteiger charge is -2.39. The van der Waals surface area contributed by atoms with Crippen molar-refractivity contribution in [3.63, 3.8) is 0 Å². The Labute approximate surface area is 125 Å². The predicted molar refractivity (Wildman–Crippen MR) is 94.0 cm³/mol. The Hall–Kier alpha value is 0.430. The van der Waals surface area contributed by atoms with Crippen molar-refractivity contribution in [3.8, 4) is 0 Å². The second-order valence-corrected chi connectivity index (χ2v) is 7.23. The first-order chi connectivity index (χ1) is 9.16. The first-order valence-electron chi connectivity index (χ1n) is 8.92. The van der Waals surface area contributed by atoms with Crippen LogP contribution < -0.4 is 0 Å². The minimum atomic E-state index is 0.619. The standard InChI is InChI=1S/C18H39P/c1-5-9-10-11-12-13-17(19)18(14-6-2,15-7-3)16-8-4/h17H,5-16,19H2,1-4H3. The van der Waals surface area contributed by atoms with E-state index in [9.17, 15) is 0 Å². The molecule has 116 valence electrons. The molecule has 0 bridgehead atoms. The summed E-state index contributed by atoms with van der Waals surface area (Å²) < 4.78 is 0. The minimum absolute atomic E-state index is 0.619. The van der Waals surface area contributed by atoms with E-state index in [0.29, 0.717) is 5.41 Å². The van der Waals surface area contributed by atoms with E-state index in [1.54, 1.807) is 0 Å².